The van der Waals surface area contributed by atoms with Crippen LogP contribution in [0.4, 0.5) is 0 Å². The largest absolute Gasteiger partial charge is 0.353 e. The third-order valence-corrected chi connectivity index (χ3v) is 3.03. The van der Waals surface area contributed by atoms with E-state index in [0.29, 0.717) is 6.54 Å². The Hall–Kier alpha value is -1.18. The normalized spacial score (nSPS) is 25.6. The molecule has 0 saturated carbocycles. The zero-order chi connectivity index (χ0) is 12.1. The van der Waals surface area contributed by atoms with Gasteiger partial charge in [0.25, 0.3) is 0 Å². The molecule has 1 atom stereocenters. The van der Waals surface area contributed by atoms with Crippen LogP contribution in [-0.2, 0) is 9.59 Å². The monoisotopic (exact) mass is 241 g/mol. The van der Waals surface area contributed by atoms with Gasteiger partial charge in [-0.15, -0.1) is 0 Å². The highest BCUT2D eigenvalue weighted by atomic mass is 16.2. The summed E-state index contributed by atoms with van der Waals surface area (Å²) >= 11 is 0. The highest BCUT2D eigenvalue weighted by Crippen LogP contribution is 1.97. The summed E-state index contributed by atoms with van der Waals surface area (Å²) in [6, 6.07) is -0.425. The minimum Gasteiger partial charge on any atom is -0.353 e. The van der Waals surface area contributed by atoms with E-state index in [4.69, 9.17) is 0 Å². The van der Waals surface area contributed by atoms with Gasteiger partial charge < -0.3 is 10.6 Å². The van der Waals surface area contributed by atoms with E-state index >= 15 is 0 Å². The third kappa shape index (κ3) is 3.65. The summed E-state index contributed by atoms with van der Waals surface area (Å²) in [5.74, 6) is -0.245. The Kier molecular flexibility index (Phi) is 4.29. The van der Waals surface area contributed by atoms with Crippen LogP contribution in [0.25, 0.3) is 0 Å². The Morgan fingerprint density at radius 3 is 2.82 bits per heavy atom. The fraction of sp³-hybridized carbons (Fsp3) is 0.800. The molecular weight excluding hydrogens is 222 g/mol. The second-order valence-corrected chi connectivity index (χ2v) is 4.33. The first-order valence-corrected chi connectivity index (χ1v) is 6.01. The molecule has 2 saturated heterocycles. The molecule has 2 amide bonds. The van der Waals surface area contributed by atoms with Crippen LogP contribution in [0.1, 0.15) is 6.42 Å². The van der Waals surface area contributed by atoms with Gasteiger partial charge in [0, 0.05) is 39.3 Å². The molecule has 2 aliphatic rings. The predicted molar refractivity (Wildman–Crippen MR) is 62.0 cm³/mol. The molecule has 0 radical (unpaired) electrons. The van der Waals surface area contributed by atoms with Crippen LogP contribution >= 0.6 is 0 Å². The summed E-state index contributed by atoms with van der Waals surface area (Å²) in [6.07, 6.45) is 0.222. The van der Waals surface area contributed by atoms with Crippen molar-refractivity contribution in [2.45, 2.75) is 12.5 Å². The lowest BCUT2D eigenvalue weighted by Gasteiger charge is -2.27. The molecule has 17 heavy (non-hydrogen) atoms. The topological polar surface area (TPSA) is 85.5 Å². The van der Waals surface area contributed by atoms with Crippen molar-refractivity contribution >= 4 is 11.8 Å². The van der Waals surface area contributed by atoms with Crippen molar-refractivity contribution in [3.8, 4) is 0 Å². The summed E-state index contributed by atoms with van der Waals surface area (Å²) in [7, 11) is 0. The summed E-state index contributed by atoms with van der Waals surface area (Å²) in [5.41, 5.74) is 5.08. The first-order chi connectivity index (χ1) is 8.25. The number of amides is 2. The fourth-order valence-electron chi connectivity index (χ4n) is 2.01. The molecule has 4 N–H and O–H groups in total. The lowest BCUT2D eigenvalue weighted by Crippen LogP contribution is -2.48. The molecule has 0 aromatic heterocycles. The van der Waals surface area contributed by atoms with Crippen molar-refractivity contribution in [3.05, 3.63) is 0 Å². The maximum absolute atomic E-state index is 11.6. The van der Waals surface area contributed by atoms with Crippen LogP contribution in [0.2, 0.25) is 0 Å². The summed E-state index contributed by atoms with van der Waals surface area (Å²) in [6.45, 7) is 5.56. The number of nitrogens with zero attached hydrogens (tertiary/aromatic N) is 1. The molecule has 2 aliphatic heterocycles. The molecule has 7 nitrogen and oxygen atoms in total. The molecule has 0 aliphatic carbocycles. The SMILES string of the molecule is O=C1CC(C(=O)NCCN2CCNCC2)NN1. The van der Waals surface area contributed by atoms with Gasteiger partial charge >= 0.3 is 0 Å². The molecule has 0 spiro atoms. The van der Waals surface area contributed by atoms with E-state index < -0.39 is 6.04 Å². The lowest BCUT2D eigenvalue weighted by atomic mass is 10.2. The van der Waals surface area contributed by atoms with E-state index in [1.807, 2.05) is 0 Å². The molecule has 0 aromatic rings. The number of nitrogens with one attached hydrogen (secondary N) is 4. The van der Waals surface area contributed by atoms with Gasteiger partial charge in [-0.1, -0.05) is 0 Å². The summed E-state index contributed by atoms with van der Waals surface area (Å²) < 4.78 is 0. The maximum Gasteiger partial charge on any atom is 0.239 e. The van der Waals surface area contributed by atoms with Crippen LogP contribution in [0.5, 0.6) is 0 Å². The van der Waals surface area contributed by atoms with E-state index in [1.165, 1.54) is 0 Å². The first kappa shape index (κ1) is 12.3. The first-order valence-electron chi connectivity index (χ1n) is 6.01. The van der Waals surface area contributed by atoms with Gasteiger partial charge in [-0.3, -0.25) is 19.9 Å². The Bertz CT molecular complexity index is 290. The molecular formula is C10H19N5O2. The maximum atomic E-state index is 11.6. The van der Waals surface area contributed by atoms with Crippen LogP contribution in [-0.4, -0.2) is 62.0 Å². The highest BCUT2D eigenvalue weighted by Gasteiger charge is 2.27. The Labute approximate surface area is 100 Å². The zero-order valence-corrected chi connectivity index (χ0v) is 9.79. The number of hydrazine groups is 1. The van der Waals surface area contributed by atoms with Gasteiger partial charge in [0.2, 0.25) is 11.8 Å². The number of carbonyl (C=O) groups is 2. The van der Waals surface area contributed by atoms with Gasteiger partial charge in [-0.25, -0.2) is 5.43 Å². The average Bonchev–Trinajstić information content (AvgIpc) is 2.77. The molecule has 0 bridgehead atoms. The van der Waals surface area contributed by atoms with Crippen molar-refractivity contribution in [2.75, 3.05) is 39.3 Å². The van der Waals surface area contributed by atoms with Gasteiger partial charge in [0.05, 0.1) is 6.42 Å². The van der Waals surface area contributed by atoms with Crippen molar-refractivity contribution in [1.82, 2.24) is 26.4 Å². The van der Waals surface area contributed by atoms with Crippen molar-refractivity contribution < 1.29 is 9.59 Å². The number of carbonyl (C=O) groups excluding carboxylic acids is 2. The lowest BCUT2D eigenvalue weighted by molar-refractivity contribution is -0.124. The second-order valence-electron chi connectivity index (χ2n) is 4.33. The molecule has 0 aromatic carbocycles. The minimum atomic E-state index is -0.425. The van der Waals surface area contributed by atoms with Crippen molar-refractivity contribution in [2.24, 2.45) is 0 Å². The fourth-order valence-corrected chi connectivity index (χ4v) is 2.01. The van der Waals surface area contributed by atoms with Crippen LogP contribution < -0.4 is 21.5 Å². The summed E-state index contributed by atoms with van der Waals surface area (Å²) in [5, 5.41) is 6.12. The Morgan fingerprint density at radius 2 is 2.18 bits per heavy atom. The van der Waals surface area contributed by atoms with Crippen LogP contribution in [0.3, 0.4) is 0 Å². The third-order valence-electron chi connectivity index (χ3n) is 3.03. The molecule has 96 valence electrons. The standard InChI is InChI=1S/C10H19N5O2/c16-9-7-8(13-14-9)10(17)12-3-6-15-4-1-11-2-5-15/h8,11,13H,1-7H2,(H,12,17)(H,14,16). The Morgan fingerprint density at radius 1 is 1.41 bits per heavy atom. The van der Waals surface area contributed by atoms with E-state index in [2.05, 4.69) is 26.4 Å². The molecule has 2 rings (SSSR count). The van der Waals surface area contributed by atoms with Gasteiger partial charge in [0.1, 0.15) is 6.04 Å². The van der Waals surface area contributed by atoms with Gasteiger partial charge in [-0.05, 0) is 0 Å². The average molecular weight is 241 g/mol. The smallest absolute Gasteiger partial charge is 0.239 e. The van der Waals surface area contributed by atoms with Crippen LogP contribution in [0.15, 0.2) is 0 Å². The molecule has 7 heteroatoms. The van der Waals surface area contributed by atoms with Gasteiger partial charge in [-0.2, -0.15) is 0 Å². The van der Waals surface area contributed by atoms with E-state index in [1.54, 1.807) is 0 Å². The highest BCUT2D eigenvalue weighted by molar-refractivity contribution is 5.90. The van der Waals surface area contributed by atoms with E-state index in [-0.39, 0.29) is 18.2 Å². The second kappa shape index (κ2) is 5.95. The van der Waals surface area contributed by atoms with Crippen molar-refractivity contribution in [1.29, 1.82) is 0 Å². The van der Waals surface area contributed by atoms with E-state index in [9.17, 15) is 9.59 Å². The van der Waals surface area contributed by atoms with Crippen LogP contribution in [0, 0.1) is 0 Å². The number of hydrogen-bond donors (Lipinski definition) is 4. The predicted octanol–water partition coefficient (Wildman–Crippen LogP) is -2.60. The zero-order valence-electron chi connectivity index (χ0n) is 9.79. The molecule has 2 heterocycles. The summed E-state index contributed by atoms with van der Waals surface area (Å²) in [4.78, 5) is 24.9. The molecule has 1 unspecified atom stereocenters. The molecule has 2 fully saturated rings. The number of hydrogen-bond acceptors (Lipinski definition) is 5. The van der Waals surface area contributed by atoms with Gasteiger partial charge in [0.15, 0.2) is 0 Å². The number of rotatable bonds is 4. The Balaban J connectivity index is 1.61. The minimum absolute atomic E-state index is 0.113. The van der Waals surface area contributed by atoms with Crippen molar-refractivity contribution in [3.63, 3.8) is 0 Å². The van der Waals surface area contributed by atoms with E-state index in [0.717, 1.165) is 32.7 Å². The number of piperazine rings is 1. The quantitative estimate of drug-likeness (QED) is 0.434.